The minimum atomic E-state index is 0.519. The van der Waals surface area contributed by atoms with Gasteiger partial charge >= 0.3 is 0 Å². The Balaban J connectivity index is 3.07. The summed E-state index contributed by atoms with van der Waals surface area (Å²) in [6.45, 7) is 0. The van der Waals surface area contributed by atoms with Crippen molar-refractivity contribution >= 4 is 16.8 Å². The fourth-order valence-electron chi connectivity index (χ4n) is 1.10. The maximum absolute atomic E-state index is 7.64. The summed E-state index contributed by atoms with van der Waals surface area (Å²) >= 11 is 1.40. The number of hydrogen-bond donors (Lipinski definition) is 1. The highest BCUT2D eigenvalue weighted by Crippen LogP contribution is 2.28. The van der Waals surface area contributed by atoms with E-state index in [1.54, 1.807) is 26.4 Å². The lowest BCUT2D eigenvalue weighted by molar-refractivity contribution is 0.355. The van der Waals surface area contributed by atoms with Crippen LogP contribution in [0.2, 0.25) is 0 Å². The second-order valence-electron chi connectivity index (χ2n) is 2.60. The van der Waals surface area contributed by atoms with Crippen LogP contribution in [0.15, 0.2) is 18.2 Å². The topological polar surface area (TPSA) is 42.3 Å². The minimum Gasteiger partial charge on any atom is -0.493 e. The molecule has 0 heterocycles. The van der Waals surface area contributed by atoms with Crippen molar-refractivity contribution in [1.82, 2.24) is 0 Å². The molecular weight excluding hydrogens is 198 g/mol. The zero-order valence-electron chi connectivity index (χ0n) is 8.46. The summed E-state index contributed by atoms with van der Waals surface area (Å²) in [5.74, 6) is 1.34. The van der Waals surface area contributed by atoms with E-state index in [1.165, 1.54) is 11.8 Å². The highest BCUT2D eigenvalue weighted by molar-refractivity contribution is 8.13. The van der Waals surface area contributed by atoms with E-state index in [2.05, 4.69) is 0 Å². The second-order valence-corrected chi connectivity index (χ2v) is 3.42. The van der Waals surface area contributed by atoms with Crippen molar-refractivity contribution in [3.63, 3.8) is 0 Å². The van der Waals surface area contributed by atoms with E-state index in [0.29, 0.717) is 16.5 Å². The second kappa shape index (κ2) is 4.91. The molecule has 0 saturated heterocycles. The van der Waals surface area contributed by atoms with Crippen LogP contribution in [0.25, 0.3) is 0 Å². The molecule has 1 rings (SSSR count). The lowest BCUT2D eigenvalue weighted by Gasteiger charge is -2.09. The largest absolute Gasteiger partial charge is 0.493 e. The van der Waals surface area contributed by atoms with Crippen molar-refractivity contribution in [3.05, 3.63) is 23.8 Å². The number of hydrogen-bond acceptors (Lipinski definition) is 4. The third-order valence-electron chi connectivity index (χ3n) is 1.85. The molecule has 76 valence electrons. The van der Waals surface area contributed by atoms with E-state index in [0.717, 1.165) is 5.56 Å². The predicted octanol–water partition coefficient (Wildman–Crippen LogP) is 2.39. The molecule has 0 fully saturated rings. The number of benzene rings is 1. The molecule has 0 atom stereocenters. The van der Waals surface area contributed by atoms with Crippen molar-refractivity contribution in [2.45, 2.75) is 0 Å². The highest BCUT2D eigenvalue weighted by Gasteiger charge is 2.06. The molecule has 14 heavy (non-hydrogen) atoms. The minimum absolute atomic E-state index is 0.519. The summed E-state index contributed by atoms with van der Waals surface area (Å²) in [4.78, 5) is 0. The molecule has 3 nitrogen and oxygen atoms in total. The van der Waals surface area contributed by atoms with Crippen LogP contribution in [0, 0.1) is 5.41 Å². The Morgan fingerprint density at radius 3 is 2.36 bits per heavy atom. The Labute approximate surface area is 87.9 Å². The van der Waals surface area contributed by atoms with Gasteiger partial charge in [0, 0.05) is 5.56 Å². The van der Waals surface area contributed by atoms with Crippen molar-refractivity contribution in [1.29, 1.82) is 5.41 Å². The Kier molecular flexibility index (Phi) is 3.83. The molecule has 0 radical (unpaired) electrons. The number of ether oxygens (including phenoxy) is 2. The van der Waals surface area contributed by atoms with E-state index < -0.39 is 0 Å². The van der Waals surface area contributed by atoms with E-state index in [1.807, 2.05) is 12.3 Å². The lowest BCUT2D eigenvalue weighted by Crippen LogP contribution is -1.96. The van der Waals surface area contributed by atoms with E-state index in [4.69, 9.17) is 14.9 Å². The van der Waals surface area contributed by atoms with Crippen molar-refractivity contribution < 1.29 is 9.47 Å². The molecule has 1 N–H and O–H groups in total. The van der Waals surface area contributed by atoms with Crippen LogP contribution in [0.1, 0.15) is 5.56 Å². The Morgan fingerprint density at radius 2 is 1.86 bits per heavy atom. The van der Waals surface area contributed by atoms with Gasteiger partial charge in [-0.25, -0.2) is 0 Å². The predicted molar refractivity (Wildman–Crippen MR) is 59.9 cm³/mol. The summed E-state index contributed by atoms with van der Waals surface area (Å²) < 4.78 is 10.2. The van der Waals surface area contributed by atoms with Crippen LogP contribution in [0.3, 0.4) is 0 Å². The van der Waals surface area contributed by atoms with Gasteiger partial charge in [0.2, 0.25) is 0 Å². The molecule has 0 aliphatic rings. The van der Waals surface area contributed by atoms with Crippen LogP contribution in [0.5, 0.6) is 11.5 Å². The average Bonchev–Trinajstić information content (AvgIpc) is 2.26. The molecule has 0 spiro atoms. The fraction of sp³-hybridized carbons (Fsp3) is 0.300. The van der Waals surface area contributed by atoms with E-state index >= 15 is 0 Å². The summed E-state index contributed by atoms with van der Waals surface area (Å²) in [5, 5.41) is 8.16. The zero-order chi connectivity index (χ0) is 10.6. The van der Waals surface area contributed by atoms with Gasteiger partial charge in [0.05, 0.1) is 19.3 Å². The molecule has 0 aliphatic heterocycles. The molecule has 1 aromatic carbocycles. The standard InChI is InChI=1S/C10H13NO2S/c1-12-8-5-4-7(10(11)14-3)6-9(8)13-2/h4-6,11H,1-3H3. The smallest absolute Gasteiger partial charge is 0.161 e. The zero-order valence-corrected chi connectivity index (χ0v) is 9.27. The first-order valence-electron chi connectivity index (χ1n) is 4.08. The van der Waals surface area contributed by atoms with Crippen molar-refractivity contribution in [3.8, 4) is 11.5 Å². The summed E-state index contributed by atoms with van der Waals surface area (Å²) in [7, 11) is 3.18. The third-order valence-corrected chi connectivity index (χ3v) is 2.49. The molecule has 0 aromatic heterocycles. The van der Waals surface area contributed by atoms with Gasteiger partial charge in [-0.2, -0.15) is 0 Å². The van der Waals surface area contributed by atoms with Crippen molar-refractivity contribution in [2.24, 2.45) is 0 Å². The first-order chi connectivity index (χ1) is 6.72. The van der Waals surface area contributed by atoms with Gasteiger partial charge in [0.15, 0.2) is 11.5 Å². The molecule has 0 saturated carbocycles. The van der Waals surface area contributed by atoms with E-state index in [9.17, 15) is 0 Å². The van der Waals surface area contributed by atoms with Crippen LogP contribution in [0.4, 0.5) is 0 Å². The first kappa shape index (κ1) is 10.9. The van der Waals surface area contributed by atoms with Crippen LogP contribution in [-0.4, -0.2) is 25.5 Å². The fourth-order valence-corrected chi connectivity index (χ4v) is 1.46. The molecule has 0 unspecified atom stereocenters. The highest BCUT2D eigenvalue weighted by atomic mass is 32.2. The van der Waals surface area contributed by atoms with Gasteiger partial charge in [0.25, 0.3) is 0 Å². The maximum atomic E-state index is 7.64. The van der Waals surface area contributed by atoms with Crippen molar-refractivity contribution in [2.75, 3.05) is 20.5 Å². The number of nitrogens with one attached hydrogen (secondary N) is 1. The summed E-state index contributed by atoms with van der Waals surface area (Å²) in [6.07, 6.45) is 1.87. The molecule has 4 heteroatoms. The van der Waals surface area contributed by atoms with Gasteiger partial charge in [-0.3, -0.25) is 5.41 Å². The first-order valence-corrected chi connectivity index (χ1v) is 5.30. The van der Waals surface area contributed by atoms with Crippen LogP contribution < -0.4 is 9.47 Å². The van der Waals surface area contributed by atoms with Gasteiger partial charge < -0.3 is 9.47 Å². The van der Waals surface area contributed by atoms with Gasteiger partial charge in [-0.15, -0.1) is 11.8 Å². The Hall–Kier alpha value is -1.16. The monoisotopic (exact) mass is 211 g/mol. The SMILES string of the molecule is COc1ccc(C(=N)SC)cc1OC. The van der Waals surface area contributed by atoms with E-state index in [-0.39, 0.29) is 0 Å². The Bertz CT molecular complexity index is 339. The molecule has 0 amide bonds. The Morgan fingerprint density at radius 1 is 1.21 bits per heavy atom. The quantitative estimate of drug-likeness (QED) is 0.616. The molecule has 1 aromatic rings. The van der Waals surface area contributed by atoms with Crippen LogP contribution in [-0.2, 0) is 0 Å². The summed E-state index contributed by atoms with van der Waals surface area (Å²) in [6, 6.07) is 5.46. The number of methoxy groups -OCH3 is 2. The van der Waals surface area contributed by atoms with Gasteiger partial charge in [0.1, 0.15) is 0 Å². The molecule has 0 aliphatic carbocycles. The van der Waals surface area contributed by atoms with Gasteiger partial charge in [-0.1, -0.05) is 0 Å². The van der Waals surface area contributed by atoms with Gasteiger partial charge in [-0.05, 0) is 24.5 Å². The molecular formula is C10H13NO2S. The number of thioether (sulfide) groups is 1. The average molecular weight is 211 g/mol. The van der Waals surface area contributed by atoms with Crippen LogP contribution >= 0.6 is 11.8 Å². The third kappa shape index (κ3) is 2.20. The number of rotatable bonds is 3. The summed E-state index contributed by atoms with van der Waals surface area (Å²) in [5.41, 5.74) is 0.843. The maximum Gasteiger partial charge on any atom is 0.161 e. The normalized spacial score (nSPS) is 9.64. The molecule has 0 bridgehead atoms. The lowest BCUT2D eigenvalue weighted by atomic mass is 10.2.